The van der Waals surface area contributed by atoms with Crippen molar-refractivity contribution in [2.24, 2.45) is 5.92 Å². The van der Waals surface area contributed by atoms with Crippen molar-refractivity contribution in [1.82, 2.24) is 10.6 Å². The monoisotopic (exact) mass is 394 g/mol. The molecule has 1 aromatic carbocycles. The summed E-state index contributed by atoms with van der Waals surface area (Å²) in [6, 6.07) is 5.86. The Labute approximate surface area is 134 Å². The Morgan fingerprint density at radius 3 is 3.00 bits per heavy atom. The van der Waals surface area contributed by atoms with Crippen molar-refractivity contribution in [3.63, 3.8) is 0 Å². The number of hydrogen-bond donors (Lipinski definition) is 2. The summed E-state index contributed by atoms with van der Waals surface area (Å²) in [5.41, 5.74) is 1.86. The van der Waals surface area contributed by atoms with E-state index in [9.17, 15) is 4.79 Å². The molecule has 0 spiro atoms. The molecule has 0 aliphatic carbocycles. The zero-order valence-corrected chi connectivity index (χ0v) is 14.0. The molecular formula is C14H20ClIN2O. The zero-order chi connectivity index (χ0) is 13.0. The number of piperidine rings is 1. The van der Waals surface area contributed by atoms with Crippen LogP contribution in [0.4, 0.5) is 0 Å². The maximum absolute atomic E-state index is 12.1. The lowest BCUT2D eigenvalue weighted by Gasteiger charge is -2.23. The van der Waals surface area contributed by atoms with Gasteiger partial charge in [0, 0.05) is 15.7 Å². The molecule has 0 saturated carbocycles. The van der Waals surface area contributed by atoms with E-state index in [1.54, 1.807) is 0 Å². The van der Waals surface area contributed by atoms with Gasteiger partial charge in [0.1, 0.15) is 0 Å². The summed E-state index contributed by atoms with van der Waals surface area (Å²) in [5, 5.41) is 6.42. The standard InChI is InChI=1S/C14H19IN2O.ClH/c1-10-12(5-2-6-13(10)15)14(18)17-9-11-4-3-7-16-8-11;/h2,5-6,11,16H,3-4,7-9H2,1H3,(H,17,18);1H. The molecular weight excluding hydrogens is 375 g/mol. The second-order valence-corrected chi connectivity index (χ2v) is 6.00. The zero-order valence-electron chi connectivity index (χ0n) is 11.0. The minimum Gasteiger partial charge on any atom is -0.352 e. The predicted octanol–water partition coefficient (Wildman–Crippen LogP) is 2.75. The fourth-order valence-corrected chi connectivity index (χ4v) is 2.78. The van der Waals surface area contributed by atoms with Crippen molar-refractivity contribution < 1.29 is 4.79 Å². The molecule has 1 unspecified atom stereocenters. The molecule has 5 heteroatoms. The Bertz CT molecular complexity index is 433. The first-order chi connectivity index (χ1) is 8.68. The smallest absolute Gasteiger partial charge is 0.251 e. The van der Waals surface area contributed by atoms with Crippen molar-refractivity contribution in [2.75, 3.05) is 19.6 Å². The minimum absolute atomic E-state index is 0. The SMILES string of the molecule is Cc1c(I)cccc1C(=O)NCC1CCCNC1.Cl. The summed E-state index contributed by atoms with van der Waals surface area (Å²) in [7, 11) is 0. The van der Waals surface area contributed by atoms with Crippen LogP contribution in [0.1, 0.15) is 28.8 Å². The van der Waals surface area contributed by atoms with Gasteiger partial charge in [-0.25, -0.2) is 0 Å². The molecule has 3 nitrogen and oxygen atoms in total. The fourth-order valence-electron chi connectivity index (χ4n) is 2.28. The van der Waals surface area contributed by atoms with Crippen LogP contribution in [0.2, 0.25) is 0 Å². The highest BCUT2D eigenvalue weighted by Crippen LogP contribution is 2.16. The van der Waals surface area contributed by atoms with Crippen molar-refractivity contribution in [1.29, 1.82) is 0 Å². The van der Waals surface area contributed by atoms with Gasteiger partial charge in [-0.2, -0.15) is 0 Å². The number of hydrogen-bond acceptors (Lipinski definition) is 2. The molecule has 1 fully saturated rings. The second kappa shape index (κ2) is 8.07. The maximum atomic E-state index is 12.1. The van der Waals surface area contributed by atoms with Gasteiger partial charge in [-0.15, -0.1) is 12.4 Å². The topological polar surface area (TPSA) is 41.1 Å². The lowest BCUT2D eigenvalue weighted by atomic mass is 9.99. The Balaban J connectivity index is 0.00000180. The molecule has 1 saturated heterocycles. The highest BCUT2D eigenvalue weighted by molar-refractivity contribution is 14.1. The van der Waals surface area contributed by atoms with Crippen LogP contribution in [-0.2, 0) is 0 Å². The number of nitrogens with one attached hydrogen (secondary N) is 2. The Morgan fingerprint density at radius 2 is 2.32 bits per heavy atom. The molecule has 1 atom stereocenters. The molecule has 1 aliphatic heterocycles. The normalized spacial score (nSPS) is 18.5. The Hall–Kier alpha value is -0.330. The minimum atomic E-state index is 0. The van der Waals surface area contributed by atoms with Gasteiger partial charge >= 0.3 is 0 Å². The van der Waals surface area contributed by atoms with Gasteiger partial charge in [0.25, 0.3) is 5.91 Å². The Morgan fingerprint density at radius 1 is 1.53 bits per heavy atom. The van der Waals surface area contributed by atoms with Gasteiger partial charge in [0.2, 0.25) is 0 Å². The van der Waals surface area contributed by atoms with Crippen molar-refractivity contribution >= 4 is 40.9 Å². The number of amides is 1. The third-order valence-corrected chi connectivity index (χ3v) is 4.63. The third kappa shape index (κ3) is 4.61. The van der Waals surface area contributed by atoms with Crippen LogP contribution in [0.3, 0.4) is 0 Å². The fraction of sp³-hybridized carbons (Fsp3) is 0.500. The quantitative estimate of drug-likeness (QED) is 0.774. The van der Waals surface area contributed by atoms with Crippen LogP contribution in [0, 0.1) is 16.4 Å². The highest BCUT2D eigenvalue weighted by atomic mass is 127. The van der Waals surface area contributed by atoms with Crippen LogP contribution in [0.25, 0.3) is 0 Å². The van der Waals surface area contributed by atoms with E-state index in [4.69, 9.17) is 0 Å². The van der Waals surface area contributed by atoms with Crippen molar-refractivity contribution in [3.05, 3.63) is 32.9 Å². The van der Waals surface area contributed by atoms with Gasteiger partial charge < -0.3 is 10.6 Å². The molecule has 0 radical (unpaired) electrons. The highest BCUT2D eigenvalue weighted by Gasteiger charge is 2.15. The maximum Gasteiger partial charge on any atom is 0.251 e. The number of rotatable bonds is 3. The second-order valence-electron chi connectivity index (χ2n) is 4.83. The van der Waals surface area contributed by atoms with Gasteiger partial charge in [-0.3, -0.25) is 4.79 Å². The first-order valence-corrected chi connectivity index (χ1v) is 7.50. The molecule has 1 aromatic rings. The summed E-state index contributed by atoms with van der Waals surface area (Å²) >= 11 is 2.26. The molecule has 19 heavy (non-hydrogen) atoms. The first kappa shape index (κ1) is 16.7. The average molecular weight is 395 g/mol. The van der Waals surface area contributed by atoms with Crippen LogP contribution in [0.5, 0.6) is 0 Å². The molecule has 1 aliphatic rings. The van der Waals surface area contributed by atoms with E-state index in [-0.39, 0.29) is 18.3 Å². The number of carbonyl (C=O) groups is 1. The molecule has 0 bridgehead atoms. The summed E-state index contributed by atoms with van der Waals surface area (Å²) in [6.07, 6.45) is 2.42. The lowest BCUT2D eigenvalue weighted by molar-refractivity contribution is 0.0944. The van der Waals surface area contributed by atoms with Gasteiger partial charge in [-0.1, -0.05) is 6.07 Å². The number of benzene rings is 1. The molecule has 0 aromatic heterocycles. The van der Waals surface area contributed by atoms with Crippen molar-refractivity contribution in [3.8, 4) is 0 Å². The third-order valence-electron chi connectivity index (χ3n) is 3.46. The van der Waals surface area contributed by atoms with Gasteiger partial charge in [0.15, 0.2) is 0 Å². The van der Waals surface area contributed by atoms with E-state index in [1.807, 2.05) is 25.1 Å². The molecule has 1 heterocycles. The largest absolute Gasteiger partial charge is 0.352 e. The van der Waals surface area contributed by atoms with Crippen molar-refractivity contribution in [2.45, 2.75) is 19.8 Å². The first-order valence-electron chi connectivity index (χ1n) is 6.42. The Kier molecular flexibility index (Phi) is 7.10. The molecule has 1 amide bonds. The van der Waals surface area contributed by atoms with E-state index < -0.39 is 0 Å². The van der Waals surface area contributed by atoms with E-state index in [1.165, 1.54) is 12.8 Å². The summed E-state index contributed by atoms with van der Waals surface area (Å²) in [5.74, 6) is 0.627. The van der Waals surface area contributed by atoms with Gasteiger partial charge in [0.05, 0.1) is 0 Å². The number of halogens is 2. The number of carbonyl (C=O) groups excluding carboxylic acids is 1. The van der Waals surface area contributed by atoms with E-state index >= 15 is 0 Å². The lowest BCUT2D eigenvalue weighted by Crippen LogP contribution is -2.38. The van der Waals surface area contributed by atoms with Gasteiger partial charge in [-0.05, 0) is 79.1 Å². The van der Waals surface area contributed by atoms with Crippen LogP contribution in [-0.4, -0.2) is 25.5 Å². The predicted molar refractivity (Wildman–Crippen MR) is 89.1 cm³/mol. The van der Waals surface area contributed by atoms with Crippen LogP contribution in [0.15, 0.2) is 18.2 Å². The van der Waals surface area contributed by atoms with Crippen LogP contribution < -0.4 is 10.6 Å². The molecule has 106 valence electrons. The van der Waals surface area contributed by atoms with E-state index in [0.717, 1.165) is 34.3 Å². The summed E-state index contributed by atoms with van der Waals surface area (Å²) < 4.78 is 1.14. The van der Waals surface area contributed by atoms with E-state index in [2.05, 4.69) is 33.2 Å². The van der Waals surface area contributed by atoms with Crippen LogP contribution >= 0.6 is 35.0 Å². The average Bonchev–Trinajstić information content (AvgIpc) is 2.40. The summed E-state index contributed by atoms with van der Waals surface area (Å²) in [4.78, 5) is 12.1. The molecule has 2 rings (SSSR count). The van der Waals surface area contributed by atoms with E-state index in [0.29, 0.717) is 5.92 Å². The molecule has 2 N–H and O–H groups in total. The summed E-state index contributed by atoms with van der Waals surface area (Å²) in [6.45, 7) is 4.90.